The minimum atomic E-state index is -0.810. The molecule has 4 aromatic rings. The lowest BCUT2D eigenvalue weighted by Gasteiger charge is -2.52. The number of piperazine rings is 1. The number of hydrogen-bond acceptors (Lipinski definition) is 5. The van der Waals surface area contributed by atoms with E-state index in [1.807, 2.05) is 66.7 Å². The fourth-order valence-electron chi connectivity index (χ4n) is 8.46. The molecule has 9 heteroatoms. The van der Waals surface area contributed by atoms with Gasteiger partial charge in [0.15, 0.2) is 0 Å². The van der Waals surface area contributed by atoms with Crippen molar-refractivity contribution in [3.8, 4) is 5.75 Å². The van der Waals surface area contributed by atoms with Crippen molar-refractivity contribution in [2.75, 3.05) is 13.1 Å². The maximum absolute atomic E-state index is 14.5. The monoisotopic (exact) mass is 786 g/mol. The van der Waals surface area contributed by atoms with Crippen LogP contribution in [0, 0.1) is 0 Å². The maximum atomic E-state index is 14.5. The summed E-state index contributed by atoms with van der Waals surface area (Å²) in [6, 6.07) is 30.1. The molecule has 4 amide bonds. The molecule has 2 saturated heterocycles. The SMILES string of the molecule is CCCCCCCCCCCCCCCC(=O)Oc1ccc(C[C@H]2C(=O)N(Cc3cccc4ccccc34)C[C@@H]3N(C(=O)NCc4ccccc4)CCC(=O)N32)cc1. The van der Waals surface area contributed by atoms with Crippen molar-refractivity contribution < 1.29 is 23.9 Å². The molecule has 6 rings (SSSR count). The Labute approximate surface area is 345 Å². The van der Waals surface area contributed by atoms with Crippen LogP contribution in [-0.4, -0.2) is 63.8 Å². The molecule has 0 unspecified atom stereocenters. The number of ether oxygens (including phenoxy) is 1. The number of esters is 1. The van der Waals surface area contributed by atoms with Gasteiger partial charge in [-0.3, -0.25) is 14.4 Å². The van der Waals surface area contributed by atoms with E-state index in [1.165, 1.54) is 64.2 Å². The summed E-state index contributed by atoms with van der Waals surface area (Å²) in [5, 5.41) is 5.19. The first-order chi connectivity index (χ1) is 28.4. The van der Waals surface area contributed by atoms with E-state index in [0.29, 0.717) is 25.3 Å². The van der Waals surface area contributed by atoms with E-state index in [9.17, 15) is 19.2 Å². The van der Waals surface area contributed by atoms with E-state index < -0.39 is 12.2 Å². The second-order valence-corrected chi connectivity index (χ2v) is 16.1. The number of amides is 4. The fourth-order valence-corrected chi connectivity index (χ4v) is 8.46. The third-order valence-corrected chi connectivity index (χ3v) is 11.7. The molecule has 0 aliphatic carbocycles. The average molecular weight is 787 g/mol. The van der Waals surface area contributed by atoms with Gasteiger partial charge < -0.3 is 24.8 Å². The number of nitrogens with one attached hydrogen (secondary N) is 1. The van der Waals surface area contributed by atoms with Crippen molar-refractivity contribution in [1.29, 1.82) is 0 Å². The van der Waals surface area contributed by atoms with Gasteiger partial charge in [0.05, 0.1) is 6.54 Å². The zero-order chi connectivity index (χ0) is 40.5. The third kappa shape index (κ3) is 11.9. The molecule has 2 atom stereocenters. The van der Waals surface area contributed by atoms with Crippen LogP contribution in [0.2, 0.25) is 0 Å². The minimum Gasteiger partial charge on any atom is -0.427 e. The van der Waals surface area contributed by atoms with Crippen LogP contribution in [-0.2, 0) is 33.9 Å². The molecule has 2 heterocycles. The largest absolute Gasteiger partial charge is 0.427 e. The average Bonchev–Trinajstić information content (AvgIpc) is 3.24. The summed E-state index contributed by atoms with van der Waals surface area (Å²) < 4.78 is 5.67. The predicted octanol–water partition coefficient (Wildman–Crippen LogP) is 9.95. The highest BCUT2D eigenvalue weighted by molar-refractivity contribution is 5.92. The molecule has 0 bridgehead atoms. The second-order valence-electron chi connectivity index (χ2n) is 16.1. The Morgan fingerprint density at radius 2 is 1.34 bits per heavy atom. The van der Waals surface area contributed by atoms with Gasteiger partial charge in [-0.1, -0.05) is 169 Å². The molecule has 1 N–H and O–H groups in total. The van der Waals surface area contributed by atoms with Gasteiger partial charge in [0, 0.05) is 38.9 Å². The van der Waals surface area contributed by atoms with E-state index >= 15 is 0 Å². The Bertz CT molecular complexity index is 1930. The van der Waals surface area contributed by atoms with E-state index in [0.717, 1.165) is 46.7 Å². The molecule has 0 saturated carbocycles. The third-order valence-electron chi connectivity index (χ3n) is 11.7. The number of nitrogens with zero attached hydrogens (tertiary/aromatic N) is 3. The number of unbranched alkanes of at least 4 members (excludes halogenated alkanes) is 12. The van der Waals surface area contributed by atoms with Crippen molar-refractivity contribution >= 4 is 34.6 Å². The van der Waals surface area contributed by atoms with E-state index in [-0.39, 0.29) is 49.7 Å². The Hall–Kier alpha value is -5.18. The van der Waals surface area contributed by atoms with Crippen LogP contribution in [0.3, 0.4) is 0 Å². The summed E-state index contributed by atoms with van der Waals surface area (Å²) >= 11 is 0. The van der Waals surface area contributed by atoms with Crippen molar-refractivity contribution in [2.45, 2.75) is 135 Å². The standard InChI is InChI=1S/C49H62N4O5/c1-2-3-4-5-6-7-8-9-10-11-12-13-17-27-47(55)58-42-30-28-38(29-31-42)34-44-48(56)51(36-41-25-20-24-40-23-18-19-26-43(40)41)37-45-52(33-32-46(54)53(44)45)49(57)50-35-39-21-15-14-16-22-39/h14-16,18-26,28-31,44-45H,2-13,17,27,32-37H2,1H3,(H,50,57)/t44-,45+/m0/s1. The lowest BCUT2D eigenvalue weighted by Crippen LogP contribution is -2.72. The first-order valence-electron chi connectivity index (χ1n) is 21.9. The number of fused-ring (bicyclic) bond motifs is 2. The molecule has 4 aromatic carbocycles. The molecular weight excluding hydrogens is 725 g/mol. The van der Waals surface area contributed by atoms with E-state index in [1.54, 1.807) is 26.8 Å². The first-order valence-corrected chi connectivity index (χ1v) is 21.9. The van der Waals surface area contributed by atoms with Crippen LogP contribution in [0.1, 0.15) is 120 Å². The molecule has 2 aliphatic rings. The van der Waals surface area contributed by atoms with Crippen LogP contribution in [0.5, 0.6) is 5.75 Å². The van der Waals surface area contributed by atoms with Crippen LogP contribution in [0.15, 0.2) is 97.1 Å². The van der Waals surface area contributed by atoms with E-state index in [4.69, 9.17) is 4.74 Å². The molecule has 2 fully saturated rings. The highest BCUT2D eigenvalue weighted by Crippen LogP contribution is 2.30. The Morgan fingerprint density at radius 3 is 2.05 bits per heavy atom. The maximum Gasteiger partial charge on any atom is 0.319 e. The van der Waals surface area contributed by atoms with Gasteiger partial charge in [-0.2, -0.15) is 0 Å². The first kappa shape index (κ1) is 42.4. The topological polar surface area (TPSA) is 99.3 Å². The number of benzene rings is 4. The van der Waals surface area contributed by atoms with Crippen molar-refractivity contribution in [3.05, 3.63) is 114 Å². The molecule has 2 aliphatic heterocycles. The molecule has 0 spiro atoms. The number of carbonyl (C=O) groups is 4. The summed E-state index contributed by atoms with van der Waals surface area (Å²) in [5.74, 6) is -0.0738. The van der Waals surface area contributed by atoms with Crippen LogP contribution >= 0.6 is 0 Å². The van der Waals surface area contributed by atoms with E-state index in [2.05, 4.69) is 30.4 Å². The quantitative estimate of drug-likeness (QED) is 0.0515. The molecular formula is C49H62N4O5. The summed E-state index contributed by atoms with van der Waals surface area (Å²) in [5.41, 5.74) is 2.81. The van der Waals surface area contributed by atoms with Gasteiger partial charge in [-0.25, -0.2) is 4.79 Å². The van der Waals surface area contributed by atoms with Gasteiger partial charge >= 0.3 is 12.0 Å². The summed E-state index contributed by atoms with van der Waals surface area (Å²) in [7, 11) is 0. The number of carbonyl (C=O) groups excluding carboxylic acids is 4. The van der Waals surface area contributed by atoms with Gasteiger partial charge in [0.25, 0.3) is 0 Å². The minimum absolute atomic E-state index is 0.135. The number of hydrogen-bond donors (Lipinski definition) is 1. The predicted molar refractivity (Wildman–Crippen MR) is 230 cm³/mol. The van der Waals surface area contributed by atoms with Crippen molar-refractivity contribution in [1.82, 2.24) is 20.0 Å². The highest BCUT2D eigenvalue weighted by atomic mass is 16.5. The number of rotatable bonds is 21. The smallest absolute Gasteiger partial charge is 0.319 e. The summed E-state index contributed by atoms with van der Waals surface area (Å²) in [4.78, 5) is 59.8. The molecule has 0 aromatic heterocycles. The highest BCUT2D eigenvalue weighted by Gasteiger charge is 2.48. The fraction of sp³-hybridized carbons (Fsp3) is 0.469. The van der Waals surface area contributed by atoms with Gasteiger partial charge in [0.1, 0.15) is 18.0 Å². The zero-order valence-corrected chi connectivity index (χ0v) is 34.4. The van der Waals surface area contributed by atoms with Crippen LogP contribution in [0.25, 0.3) is 10.8 Å². The zero-order valence-electron chi connectivity index (χ0n) is 34.4. The van der Waals surface area contributed by atoms with Gasteiger partial charge in [0.2, 0.25) is 11.8 Å². The van der Waals surface area contributed by atoms with Crippen molar-refractivity contribution in [3.63, 3.8) is 0 Å². The Morgan fingerprint density at radius 1 is 0.707 bits per heavy atom. The molecule has 9 nitrogen and oxygen atoms in total. The summed E-state index contributed by atoms with van der Waals surface area (Å²) in [6.45, 7) is 3.44. The Balaban J connectivity index is 1.05. The van der Waals surface area contributed by atoms with Crippen molar-refractivity contribution in [2.24, 2.45) is 0 Å². The van der Waals surface area contributed by atoms with Gasteiger partial charge in [-0.15, -0.1) is 0 Å². The lowest BCUT2D eigenvalue weighted by molar-refractivity contribution is -0.167. The lowest BCUT2D eigenvalue weighted by atomic mass is 9.96. The Kier molecular flexibility index (Phi) is 16.2. The summed E-state index contributed by atoms with van der Waals surface area (Å²) in [6.07, 6.45) is 16.4. The molecule has 0 radical (unpaired) electrons. The van der Waals surface area contributed by atoms with Crippen LogP contribution in [0.4, 0.5) is 4.79 Å². The van der Waals surface area contributed by atoms with Gasteiger partial charge in [-0.05, 0) is 46.0 Å². The normalized spacial score (nSPS) is 16.7. The molecule has 308 valence electrons. The molecule has 58 heavy (non-hydrogen) atoms. The number of urea groups is 1. The van der Waals surface area contributed by atoms with Crippen LogP contribution < -0.4 is 10.1 Å². The second kappa shape index (κ2) is 22.1.